The van der Waals surface area contributed by atoms with Gasteiger partial charge in [-0.2, -0.15) is 0 Å². The lowest BCUT2D eigenvalue weighted by Crippen LogP contribution is -2.51. The van der Waals surface area contributed by atoms with Gasteiger partial charge in [0.15, 0.2) is 0 Å². The largest absolute Gasteiger partial charge is 0.464 e. The van der Waals surface area contributed by atoms with Crippen LogP contribution in [-0.2, 0) is 29.1 Å². The normalized spacial score (nSPS) is 17.7. The molecule has 0 aliphatic carbocycles. The molecule has 10 nitrogen and oxygen atoms in total. The summed E-state index contributed by atoms with van der Waals surface area (Å²) in [6.07, 6.45) is 8.82. The van der Waals surface area contributed by atoms with Crippen molar-refractivity contribution in [2.75, 3.05) is 43.3 Å². The highest BCUT2D eigenvalue weighted by Gasteiger charge is 2.35. The molecule has 1 atom stereocenters. The first-order valence-corrected chi connectivity index (χ1v) is 17.6. The third-order valence-corrected chi connectivity index (χ3v) is 10.3. The fraction of sp³-hybridized carbons (Fsp3) is 0.441. The molecule has 1 unspecified atom stereocenters. The van der Waals surface area contributed by atoms with E-state index in [0.717, 1.165) is 71.9 Å². The van der Waals surface area contributed by atoms with Crippen molar-refractivity contribution in [2.24, 2.45) is 5.92 Å². The number of ether oxygens (including phenoxy) is 1. The molecule has 0 spiro atoms. The smallest absolute Gasteiger partial charge is 0.302 e. The second-order valence-electron chi connectivity index (χ2n) is 12.4. The zero-order chi connectivity index (χ0) is 33.9. The first kappa shape index (κ1) is 34.2. The Hall–Kier alpha value is -4.10. The number of rotatable bonds is 9. The lowest BCUT2D eigenvalue weighted by molar-refractivity contribution is -0.144. The number of benzene rings is 2. The number of nitrogens with zero attached hydrogens (tertiary/aromatic N) is 3. The number of carbonyl (C=O) groups excluding carboxylic acids is 3. The number of carbonyl (C=O) groups is 3. The SMILES string of the molecule is CC(=O)OCC(C1CCN(C(=O)C=Cc2cc(F)cc(F)c2)CC1)N1CCC(c2c[nH]c3ccc(N(C(C)=O)S(C)(=O)=O)cc23)CC1. The molecule has 2 aliphatic rings. The predicted molar refractivity (Wildman–Crippen MR) is 175 cm³/mol. The summed E-state index contributed by atoms with van der Waals surface area (Å²) in [5.74, 6) is -2.17. The Kier molecular flexibility index (Phi) is 10.5. The zero-order valence-corrected chi connectivity index (χ0v) is 27.6. The fourth-order valence-electron chi connectivity index (χ4n) is 6.93. The third-order valence-electron chi connectivity index (χ3n) is 9.14. The van der Waals surface area contributed by atoms with Gasteiger partial charge < -0.3 is 14.6 Å². The Morgan fingerprint density at radius 2 is 1.66 bits per heavy atom. The second-order valence-corrected chi connectivity index (χ2v) is 14.2. The third kappa shape index (κ3) is 8.25. The minimum absolute atomic E-state index is 0.0172. The van der Waals surface area contributed by atoms with Gasteiger partial charge in [-0.15, -0.1) is 0 Å². The molecule has 2 amide bonds. The summed E-state index contributed by atoms with van der Waals surface area (Å²) in [6.45, 7) is 5.43. The van der Waals surface area contributed by atoms with Gasteiger partial charge in [-0.1, -0.05) is 0 Å². The number of nitrogens with one attached hydrogen (secondary N) is 1. The average Bonchev–Trinajstić information content (AvgIpc) is 3.42. The zero-order valence-electron chi connectivity index (χ0n) is 26.7. The Labute approximate surface area is 273 Å². The first-order valence-electron chi connectivity index (χ1n) is 15.7. The highest BCUT2D eigenvalue weighted by molar-refractivity contribution is 7.92. The van der Waals surface area contributed by atoms with Gasteiger partial charge in [-0.3, -0.25) is 19.3 Å². The lowest BCUT2D eigenvalue weighted by Gasteiger charge is -2.43. The average molecular weight is 671 g/mol. The van der Waals surface area contributed by atoms with Gasteiger partial charge in [-0.25, -0.2) is 21.5 Å². The van der Waals surface area contributed by atoms with E-state index in [2.05, 4.69) is 9.88 Å². The summed E-state index contributed by atoms with van der Waals surface area (Å²) in [5, 5.41) is 0.876. The van der Waals surface area contributed by atoms with Gasteiger partial charge in [0, 0.05) is 62.2 Å². The van der Waals surface area contributed by atoms with Crippen molar-refractivity contribution < 1.29 is 36.3 Å². The van der Waals surface area contributed by atoms with Crippen LogP contribution in [0.5, 0.6) is 0 Å². The van der Waals surface area contributed by atoms with E-state index in [9.17, 15) is 31.6 Å². The molecule has 0 saturated carbocycles. The van der Waals surface area contributed by atoms with Gasteiger partial charge in [0.2, 0.25) is 21.8 Å². The summed E-state index contributed by atoms with van der Waals surface area (Å²) in [5.41, 5.74) is 2.50. The van der Waals surface area contributed by atoms with E-state index >= 15 is 0 Å². The summed E-state index contributed by atoms with van der Waals surface area (Å²) in [4.78, 5) is 44.2. The molecule has 2 aliphatic heterocycles. The van der Waals surface area contributed by atoms with Crippen molar-refractivity contribution in [3.8, 4) is 0 Å². The van der Waals surface area contributed by atoms with E-state index in [1.165, 1.54) is 38.1 Å². The molecule has 47 heavy (non-hydrogen) atoms. The monoisotopic (exact) mass is 670 g/mol. The maximum atomic E-state index is 13.5. The summed E-state index contributed by atoms with van der Waals surface area (Å²) in [6, 6.07) is 8.25. The number of piperidine rings is 2. The molecule has 1 aromatic heterocycles. The number of hydrogen-bond donors (Lipinski definition) is 1. The molecule has 2 aromatic carbocycles. The van der Waals surface area contributed by atoms with Crippen LogP contribution in [0.25, 0.3) is 17.0 Å². The summed E-state index contributed by atoms with van der Waals surface area (Å²) in [7, 11) is -3.79. The molecule has 13 heteroatoms. The molecule has 2 fully saturated rings. The van der Waals surface area contributed by atoms with Crippen LogP contribution in [0.4, 0.5) is 14.5 Å². The standard InChI is InChI=1S/C34H40F2N4O6S/c1-22(41)40(47(3,44)45)29-5-6-32-30(19-29)31(20-37-32)25-8-12-38(13-9-25)33(21-46-23(2)42)26-10-14-39(15-11-26)34(43)7-4-24-16-27(35)18-28(36)17-24/h4-7,16-20,25-26,33,37H,8-15,21H2,1-3H3. The number of aromatic amines is 1. The van der Waals surface area contributed by atoms with Crippen LogP contribution < -0.4 is 4.31 Å². The minimum atomic E-state index is -3.79. The van der Waals surface area contributed by atoms with E-state index in [1.54, 1.807) is 23.1 Å². The fourth-order valence-corrected chi connectivity index (χ4v) is 7.90. The van der Waals surface area contributed by atoms with E-state index in [4.69, 9.17) is 4.74 Å². The van der Waals surface area contributed by atoms with Crippen LogP contribution in [0.3, 0.4) is 0 Å². The number of esters is 1. The topological polar surface area (TPSA) is 120 Å². The number of halogens is 2. The first-order chi connectivity index (χ1) is 22.3. The van der Waals surface area contributed by atoms with E-state index in [-0.39, 0.29) is 41.9 Å². The number of anilines is 1. The Balaban J connectivity index is 1.24. The summed E-state index contributed by atoms with van der Waals surface area (Å²) >= 11 is 0. The number of H-pyrrole nitrogens is 1. The van der Waals surface area contributed by atoms with Crippen LogP contribution in [0, 0.1) is 17.6 Å². The van der Waals surface area contributed by atoms with E-state index in [1.807, 2.05) is 6.20 Å². The Morgan fingerprint density at radius 1 is 1.00 bits per heavy atom. The van der Waals surface area contributed by atoms with Crippen LogP contribution in [0.1, 0.15) is 56.6 Å². The van der Waals surface area contributed by atoms with Crippen molar-refractivity contribution in [1.29, 1.82) is 0 Å². The van der Waals surface area contributed by atoms with Crippen molar-refractivity contribution in [2.45, 2.75) is 51.5 Å². The number of fused-ring (bicyclic) bond motifs is 1. The van der Waals surface area contributed by atoms with Crippen LogP contribution in [0.15, 0.2) is 48.7 Å². The molecule has 3 aromatic rings. The van der Waals surface area contributed by atoms with Gasteiger partial charge in [0.25, 0.3) is 0 Å². The minimum Gasteiger partial charge on any atom is -0.464 e. The highest BCUT2D eigenvalue weighted by atomic mass is 32.2. The molecule has 2 saturated heterocycles. The molecule has 0 radical (unpaired) electrons. The Bertz CT molecular complexity index is 1760. The molecular weight excluding hydrogens is 630 g/mol. The van der Waals surface area contributed by atoms with Crippen molar-refractivity contribution in [3.05, 3.63) is 71.4 Å². The molecule has 1 N–H and O–H groups in total. The molecular formula is C34H40F2N4O6S. The van der Waals surface area contributed by atoms with Gasteiger partial charge in [0.1, 0.15) is 18.2 Å². The van der Waals surface area contributed by atoms with E-state index in [0.29, 0.717) is 18.8 Å². The maximum absolute atomic E-state index is 13.5. The molecule has 252 valence electrons. The number of hydrogen-bond acceptors (Lipinski definition) is 7. The van der Waals surface area contributed by atoms with Crippen LogP contribution in [0.2, 0.25) is 0 Å². The number of aromatic nitrogens is 1. The van der Waals surface area contributed by atoms with Gasteiger partial charge >= 0.3 is 5.97 Å². The molecule has 5 rings (SSSR count). The van der Waals surface area contributed by atoms with Crippen LogP contribution in [-0.4, -0.2) is 86.1 Å². The molecule has 3 heterocycles. The second kappa shape index (κ2) is 14.3. The molecule has 0 bridgehead atoms. The highest BCUT2D eigenvalue weighted by Crippen LogP contribution is 2.37. The number of amides is 2. The van der Waals surface area contributed by atoms with Crippen molar-refractivity contribution in [3.63, 3.8) is 0 Å². The van der Waals surface area contributed by atoms with Crippen LogP contribution >= 0.6 is 0 Å². The summed E-state index contributed by atoms with van der Waals surface area (Å²) < 4.78 is 58.0. The van der Waals surface area contributed by atoms with E-state index < -0.39 is 27.6 Å². The number of sulfonamides is 1. The predicted octanol–water partition coefficient (Wildman–Crippen LogP) is 4.82. The lowest BCUT2D eigenvalue weighted by atomic mass is 9.84. The van der Waals surface area contributed by atoms with Gasteiger partial charge in [-0.05, 0) is 98.1 Å². The van der Waals surface area contributed by atoms with Crippen molar-refractivity contribution in [1.82, 2.24) is 14.8 Å². The van der Waals surface area contributed by atoms with Crippen molar-refractivity contribution >= 4 is 50.5 Å². The van der Waals surface area contributed by atoms with Gasteiger partial charge in [0.05, 0.1) is 11.9 Å². The number of likely N-dealkylation sites (tertiary alicyclic amines) is 2. The maximum Gasteiger partial charge on any atom is 0.302 e. The quantitative estimate of drug-likeness (QED) is 0.256. The Morgan fingerprint density at radius 3 is 2.26 bits per heavy atom.